The summed E-state index contributed by atoms with van der Waals surface area (Å²) in [5.41, 5.74) is 7.64. The molecule has 0 unspecified atom stereocenters. The van der Waals surface area contributed by atoms with Crippen molar-refractivity contribution in [3.63, 3.8) is 0 Å². The van der Waals surface area contributed by atoms with Gasteiger partial charge in [-0.05, 0) is 19.4 Å². The van der Waals surface area contributed by atoms with E-state index in [1.807, 2.05) is 6.92 Å². The van der Waals surface area contributed by atoms with Crippen LogP contribution in [0.25, 0.3) is 0 Å². The van der Waals surface area contributed by atoms with E-state index in [0.29, 0.717) is 5.70 Å². The molecule has 0 atom stereocenters. The maximum atomic E-state index is 6.90. The minimum Gasteiger partial charge on any atom is -0.402 e. The Bertz CT molecular complexity index is 162. The van der Waals surface area contributed by atoms with E-state index in [1.165, 1.54) is 6.21 Å². The van der Waals surface area contributed by atoms with Crippen molar-refractivity contribution in [1.82, 2.24) is 0 Å². The SMILES string of the molecule is C=C(C)C(C=N)=C(C)N. The van der Waals surface area contributed by atoms with Crippen LogP contribution in [0.3, 0.4) is 0 Å². The molecular weight excluding hydrogens is 112 g/mol. The van der Waals surface area contributed by atoms with Crippen LogP contribution in [0, 0.1) is 5.41 Å². The van der Waals surface area contributed by atoms with Crippen molar-refractivity contribution in [3.05, 3.63) is 23.4 Å². The first kappa shape index (κ1) is 7.95. The largest absolute Gasteiger partial charge is 0.402 e. The van der Waals surface area contributed by atoms with Crippen molar-refractivity contribution < 1.29 is 0 Å². The van der Waals surface area contributed by atoms with Gasteiger partial charge in [0.25, 0.3) is 0 Å². The van der Waals surface area contributed by atoms with E-state index in [2.05, 4.69) is 6.58 Å². The van der Waals surface area contributed by atoms with Gasteiger partial charge in [0.15, 0.2) is 0 Å². The Morgan fingerprint density at radius 3 is 2.00 bits per heavy atom. The summed E-state index contributed by atoms with van der Waals surface area (Å²) in [7, 11) is 0. The summed E-state index contributed by atoms with van der Waals surface area (Å²) >= 11 is 0. The molecule has 0 aromatic rings. The third kappa shape index (κ3) is 2.13. The molecule has 0 aromatic carbocycles. The Balaban J connectivity index is 4.55. The Kier molecular flexibility index (Phi) is 2.71. The van der Waals surface area contributed by atoms with E-state index in [9.17, 15) is 0 Å². The maximum absolute atomic E-state index is 6.90. The van der Waals surface area contributed by atoms with Crippen LogP contribution >= 0.6 is 0 Å². The Labute approximate surface area is 55.6 Å². The van der Waals surface area contributed by atoms with Crippen LogP contribution in [0.2, 0.25) is 0 Å². The molecule has 0 rings (SSSR count). The van der Waals surface area contributed by atoms with Gasteiger partial charge in [0.1, 0.15) is 0 Å². The number of allylic oxidation sites excluding steroid dienone is 3. The normalized spacial score (nSPS) is 12.2. The number of hydrogen-bond donors (Lipinski definition) is 2. The smallest absolute Gasteiger partial charge is 0.0269 e. The van der Waals surface area contributed by atoms with Crippen LogP contribution in [-0.4, -0.2) is 6.21 Å². The topological polar surface area (TPSA) is 49.9 Å². The van der Waals surface area contributed by atoms with Crippen molar-refractivity contribution in [2.24, 2.45) is 5.73 Å². The molecule has 3 N–H and O–H groups in total. The van der Waals surface area contributed by atoms with Crippen molar-refractivity contribution in [1.29, 1.82) is 5.41 Å². The van der Waals surface area contributed by atoms with Gasteiger partial charge in [0, 0.05) is 17.5 Å². The van der Waals surface area contributed by atoms with Gasteiger partial charge < -0.3 is 11.1 Å². The lowest BCUT2D eigenvalue weighted by Crippen LogP contribution is -1.99. The molecule has 0 radical (unpaired) electrons. The zero-order valence-corrected chi connectivity index (χ0v) is 5.86. The third-order valence-electron chi connectivity index (χ3n) is 1.03. The maximum Gasteiger partial charge on any atom is 0.0269 e. The van der Waals surface area contributed by atoms with Gasteiger partial charge >= 0.3 is 0 Å². The molecular formula is C7H12N2. The Morgan fingerprint density at radius 1 is 1.56 bits per heavy atom. The van der Waals surface area contributed by atoms with Crippen molar-refractivity contribution in [2.75, 3.05) is 0 Å². The molecule has 0 aromatic heterocycles. The Hall–Kier alpha value is -1.05. The zero-order chi connectivity index (χ0) is 7.44. The first-order valence-electron chi connectivity index (χ1n) is 2.72. The molecule has 0 saturated carbocycles. The average molecular weight is 124 g/mol. The fraction of sp³-hybridized carbons (Fsp3) is 0.286. The fourth-order valence-corrected chi connectivity index (χ4v) is 0.574. The average Bonchev–Trinajstić information content (AvgIpc) is 1.64. The lowest BCUT2D eigenvalue weighted by atomic mass is 10.1. The van der Waals surface area contributed by atoms with E-state index in [0.717, 1.165) is 11.1 Å². The van der Waals surface area contributed by atoms with E-state index >= 15 is 0 Å². The quantitative estimate of drug-likeness (QED) is 0.424. The molecule has 50 valence electrons. The molecule has 0 spiro atoms. The molecule has 0 aliphatic rings. The molecule has 2 nitrogen and oxygen atoms in total. The van der Waals surface area contributed by atoms with Gasteiger partial charge in [-0.15, -0.1) is 0 Å². The molecule has 0 heterocycles. The summed E-state index contributed by atoms with van der Waals surface area (Å²) < 4.78 is 0. The molecule has 9 heavy (non-hydrogen) atoms. The lowest BCUT2D eigenvalue weighted by molar-refractivity contribution is 1.26. The summed E-state index contributed by atoms with van der Waals surface area (Å²) in [6.45, 7) is 7.25. The highest BCUT2D eigenvalue weighted by Gasteiger charge is 1.94. The second-order valence-corrected chi connectivity index (χ2v) is 2.02. The predicted octanol–water partition coefficient (Wildman–Crippen LogP) is 1.44. The number of hydrogen-bond acceptors (Lipinski definition) is 2. The van der Waals surface area contributed by atoms with Crippen molar-refractivity contribution >= 4 is 6.21 Å². The molecule has 2 heteroatoms. The minimum atomic E-state index is 0.650. The van der Waals surface area contributed by atoms with Crippen molar-refractivity contribution in [2.45, 2.75) is 13.8 Å². The van der Waals surface area contributed by atoms with Gasteiger partial charge in [-0.3, -0.25) is 0 Å². The first-order valence-corrected chi connectivity index (χ1v) is 2.72. The monoisotopic (exact) mass is 124 g/mol. The number of nitrogens with two attached hydrogens (primary N) is 1. The van der Waals surface area contributed by atoms with E-state index in [4.69, 9.17) is 11.1 Å². The highest BCUT2D eigenvalue weighted by molar-refractivity contribution is 5.82. The summed E-state index contributed by atoms with van der Waals surface area (Å²) in [5, 5.41) is 6.90. The van der Waals surface area contributed by atoms with Crippen LogP contribution in [-0.2, 0) is 0 Å². The van der Waals surface area contributed by atoms with E-state index < -0.39 is 0 Å². The van der Waals surface area contributed by atoms with Gasteiger partial charge in [-0.1, -0.05) is 6.58 Å². The first-order chi connectivity index (χ1) is 4.09. The van der Waals surface area contributed by atoms with Crippen LogP contribution in [0.4, 0.5) is 0 Å². The second-order valence-electron chi connectivity index (χ2n) is 2.02. The fourth-order valence-electron chi connectivity index (χ4n) is 0.574. The molecule has 0 aliphatic heterocycles. The minimum absolute atomic E-state index is 0.650. The summed E-state index contributed by atoms with van der Waals surface area (Å²) in [6.07, 6.45) is 1.22. The van der Waals surface area contributed by atoms with Crippen LogP contribution in [0.15, 0.2) is 23.4 Å². The van der Waals surface area contributed by atoms with Crippen LogP contribution < -0.4 is 5.73 Å². The lowest BCUT2D eigenvalue weighted by Gasteiger charge is -1.99. The van der Waals surface area contributed by atoms with Gasteiger partial charge in [0.05, 0.1) is 0 Å². The molecule has 0 amide bonds. The predicted molar refractivity (Wildman–Crippen MR) is 40.5 cm³/mol. The van der Waals surface area contributed by atoms with Gasteiger partial charge in [-0.25, -0.2) is 0 Å². The van der Waals surface area contributed by atoms with Crippen LogP contribution in [0.1, 0.15) is 13.8 Å². The molecule has 0 bridgehead atoms. The standard InChI is InChI=1S/C7H12N2/c1-5(2)7(4-8)6(3)9/h4,8H,1,9H2,2-3H3. The zero-order valence-electron chi connectivity index (χ0n) is 5.86. The summed E-state index contributed by atoms with van der Waals surface area (Å²) in [4.78, 5) is 0. The molecule has 0 fully saturated rings. The van der Waals surface area contributed by atoms with E-state index in [-0.39, 0.29) is 0 Å². The van der Waals surface area contributed by atoms with Gasteiger partial charge in [-0.2, -0.15) is 0 Å². The second kappa shape index (κ2) is 3.07. The third-order valence-corrected chi connectivity index (χ3v) is 1.03. The summed E-state index contributed by atoms with van der Waals surface area (Å²) in [5.74, 6) is 0. The number of nitrogens with one attached hydrogen (secondary N) is 1. The van der Waals surface area contributed by atoms with Crippen LogP contribution in [0.5, 0.6) is 0 Å². The number of rotatable bonds is 2. The molecule has 0 saturated heterocycles. The molecule has 0 aliphatic carbocycles. The van der Waals surface area contributed by atoms with Crippen molar-refractivity contribution in [3.8, 4) is 0 Å². The Morgan fingerprint density at radius 2 is 2.00 bits per heavy atom. The highest BCUT2D eigenvalue weighted by atomic mass is 14.6. The summed E-state index contributed by atoms with van der Waals surface area (Å²) in [6, 6.07) is 0. The highest BCUT2D eigenvalue weighted by Crippen LogP contribution is 2.04. The van der Waals surface area contributed by atoms with E-state index in [1.54, 1.807) is 6.92 Å². The van der Waals surface area contributed by atoms with Gasteiger partial charge in [0.2, 0.25) is 0 Å².